The summed E-state index contributed by atoms with van der Waals surface area (Å²) >= 11 is 6.01. The fraction of sp³-hybridized carbons (Fsp3) is 0.500. The third-order valence-electron chi connectivity index (χ3n) is 3.34. The van der Waals surface area contributed by atoms with Crippen molar-refractivity contribution in [2.45, 2.75) is 18.9 Å². The van der Waals surface area contributed by atoms with Crippen molar-refractivity contribution in [3.63, 3.8) is 0 Å². The summed E-state index contributed by atoms with van der Waals surface area (Å²) in [5.41, 5.74) is 0.318. The molecule has 0 saturated carbocycles. The zero-order valence-corrected chi connectivity index (χ0v) is 14.5. The first-order valence-electron chi connectivity index (χ1n) is 7.05. The Bertz CT molecular complexity index is 687. The first-order valence-corrected chi connectivity index (χ1v) is 9.32. The average molecular weight is 363 g/mol. The maximum absolute atomic E-state index is 12.3. The number of carbonyl (C=O) groups is 1. The zero-order chi connectivity index (χ0) is 17.0. The topological polar surface area (TPSA) is 93.7 Å². The number of carbonyl (C=O) groups excluding carboxylic acids is 1. The summed E-state index contributed by atoms with van der Waals surface area (Å²) in [4.78, 5) is 12.3. The minimum atomic E-state index is -3.51. The van der Waals surface area contributed by atoms with Gasteiger partial charge in [-0.2, -0.15) is 0 Å². The highest BCUT2D eigenvalue weighted by molar-refractivity contribution is 7.92. The van der Waals surface area contributed by atoms with E-state index >= 15 is 0 Å². The highest BCUT2D eigenvalue weighted by atomic mass is 35.5. The van der Waals surface area contributed by atoms with E-state index in [1.807, 2.05) is 0 Å². The molecule has 1 atom stereocenters. The quantitative estimate of drug-likeness (QED) is 0.802. The average Bonchev–Trinajstić information content (AvgIpc) is 2.98. The predicted octanol–water partition coefficient (Wildman–Crippen LogP) is 1.63. The number of anilines is 1. The molecule has 1 aliphatic heterocycles. The molecule has 0 spiro atoms. The molecule has 2 N–H and O–H groups in total. The Morgan fingerprint density at radius 1 is 1.48 bits per heavy atom. The van der Waals surface area contributed by atoms with Crippen LogP contribution in [0.3, 0.4) is 0 Å². The van der Waals surface area contributed by atoms with Crippen molar-refractivity contribution in [1.82, 2.24) is 5.32 Å². The van der Waals surface area contributed by atoms with Crippen LogP contribution in [0.4, 0.5) is 5.69 Å². The van der Waals surface area contributed by atoms with Crippen LogP contribution in [0.2, 0.25) is 5.02 Å². The maximum Gasteiger partial charge on any atom is 0.255 e. The van der Waals surface area contributed by atoms with Gasteiger partial charge in [-0.05, 0) is 18.9 Å². The molecule has 0 radical (unpaired) electrons. The van der Waals surface area contributed by atoms with Gasteiger partial charge >= 0.3 is 0 Å². The molecule has 7 nitrogen and oxygen atoms in total. The first kappa shape index (κ1) is 17.8. The van der Waals surface area contributed by atoms with Crippen LogP contribution in [0, 0.1) is 0 Å². The number of halogens is 1. The zero-order valence-electron chi connectivity index (χ0n) is 12.9. The molecule has 0 bridgehead atoms. The largest absolute Gasteiger partial charge is 0.496 e. The van der Waals surface area contributed by atoms with Gasteiger partial charge in [0.25, 0.3) is 5.91 Å². The monoisotopic (exact) mass is 362 g/mol. The van der Waals surface area contributed by atoms with Crippen LogP contribution < -0.4 is 14.8 Å². The van der Waals surface area contributed by atoms with Crippen molar-refractivity contribution in [3.05, 3.63) is 22.7 Å². The van der Waals surface area contributed by atoms with E-state index in [1.165, 1.54) is 19.2 Å². The SMILES string of the molecule is COc1cc(Cl)c(NS(C)(=O)=O)cc1C(=O)NCC1CCCO1. The molecule has 23 heavy (non-hydrogen) atoms. The Hall–Kier alpha value is -1.51. The molecule has 128 valence electrons. The van der Waals surface area contributed by atoms with Crippen LogP contribution in [0.5, 0.6) is 5.75 Å². The summed E-state index contributed by atoms with van der Waals surface area (Å²) in [6.45, 7) is 1.09. The molecule has 1 amide bonds. The lowest BCUT2D eigenvalue weighted by atomic mass is 10.1. The highest BCUT2D eigenvalue weighted by Gasteiger charge is 2.20. The third-order valence-corrected chi connectivity index (χ3v) is 4.25. The summed E-state index contributed by atoms with van der Waals surface area (Å²) in [6.07, 6.45) is 2.89. The van der Waals surface area contributed by atoms with Crippen molar-refractivity contribution in [1.29, 1.82) is 0 Å². The summed E-state index contributed by atoms with van der Waals surface area (Å²) in [6, 6.07) is 2.75. The second-order valence-electron chi connectivity index (χ2n) is 5.25. The van der Waals surface area contributed by atoms with E-state index in [-0.39, 0.29) is 34.0 Å². The summed E-state index contributed by atoms with van der Waals surface area (Å²) in [5, 5.41) is 2.90. The van der Waals surface area contributed by atoms with Gasteiger partial charge in [-0.1, -0.05) is 11.6 Å². The molecule has 1 saturated heterocycles. The van der Waals surface area contributed by atoms with Crippen LogP contribution in [0.1, 0.15) is 23.2 Å². The van der Waals surface area contributed by atoms with E-state index in [2.05, 4.69) is 10.0 Å². The van der Waals surface area contributed by atoms with Gasteiger partial charge in [0.2, 0.25) is 10.0 Å². The normalized spacial score (nSPS) is 17.8. The minimum absolute atomic E-state index is 0.00543. The molecule has 0 aromatic heterocycles. The number of benzene rings is 1. The second-order valence-corrected chi connectivity index (χ2v) is 7.41. The van der Waals surface area contributed by atoms with Crippen LogP contribution >= 0.6 is 11.6 Å². The summed E-state index contributed by atoms with van der Waals surface area (Å²) < 4.78 is 35.6. The summed E-state index contributed by atoms with van der Waals surface area (Å²) in [7, 11) is -2.11. The lowest BCUT2D eigenvalue weighted by molar-refractivity contribution is 0.0855. The number of methoxy groups -OCH3 is 1. The molecule has 1 aromatic rings. The van der Waals surface area contributed by atoms with Gasteiger partial charge in [0.05, 0.1) is 35.7 Å². The number of hydrogen-bond acceptors (Lipinski definition) is 5. The van der Waals surface area contributed by atoms with E-state index in [4.69, 9.17) is 21.1 Å². The molecule has 1 heterocycles. The van der Waals surface area contributed by atoms with Gasteiger partial charge in [-0.25, -0.2) is 8.42 Å². The van der Waals surface area contributed by atoms with Gasteiger partial charge in [0.15, 0.2) is 0 Å². The van der Waals surface area contributed by atoms with Crippen LogP contribution in [0.25, 0.3) is 0 Å². The second kappa shape index (κ2) is 7.37. The van der Waals surface area contributed by atoms with E-state index < -0.39 is 10.0 Å². The Kier molecular flexibility index (Phi) is 5.72. The van der Waals surface area contributed by atoms with Crippen LogP contribution in [-0.2, 0) is 14.8 Å². The Balaban J connectivity index is 2.20. The number of sulfonamides is 1. The Labute approximate surface area is 140 Å². The van der Waals surface area contributed by atoms with Crippen molar-refractivity contribution in [3.8, 4) is 5.75 Å². The lowest BCUT2D eigenvalue weighted by Gasteiger charge is -2.15. The molecule has 1 aliphatic rings. The van der Waals surface area contributed by atoms with E-state index in [0.29, 0.717) is 13.2 Å². The predicted molar refractivity (Wildman–Crippen MR) is 87.8 cm³/mol. The summed E-state index contributed by atoms with van der Waals surface area (Å²) in [5.74, 6) is -0.121. The lowest BCUT2D eigenvalue weighted by Crippen LogP contribution is -2.32. The standard InChI is InChI=1S/C14H19ClN2O5S/c1-21-13-7-11(15)12(17-23(2,19)20)6-10(13)14(18)16-8-9-4-3-5-22-9/h6-7,9,17H,3-5,8H2,1-2H3,(H,16,18). The smallest absolute Gasteiger partial charge is 0.255 e. The van der Waals surface area contributed by atoms with Gasteiger partial charge in [0.1, 0.15) is 5.75 Å². The third kappa shape index (κ3) is 4.98. The maximum atomic E-state index is 12.3. The van der Waals surface area contributed by atoms with Crippen molar-refractivity contribution in [2.24, 2.45) is 0 Å². The number of rotatable bonds is 6. The Morgan fingerprint density at radius 3 is 2.78 bits per heavy atom. The Morgan fingerprint density at radius 2 is 2.22 bits per heavy atom. The van der Waals surface area contributed by atoms with E-state index in [1.54, 1.807) is 0 Å². The molecule has 1 aromatic carbocycles. The molecule has 1 unspecified atom stereocenters. The van der Waals surface area contributed by atoms with E-state index in [0.717, 1.165) is 19.1 Å². The number of ether oxygens (including phenoxy) is 2. The molecule has 2 rings (SSSR count). The van der Waals surface area contributed by atoms with Crippen molar-refractivity contribution >= 4 is 33.2 Å². The van der Waals surface area contributed by atoms with Crippen LogP contribution in [0.15, 0.2) is 12.1 Å². The fourth-order valence-corrected chi connectivity index (χ4v) is 3.11. The van der Waals surface area contributed by atoms with Gasteiger partial charge < -0.3 is 14.8 Å². The molecular weight excluding hydrogens is 344 g/mol. The van der Waals surface area contributed by atoms with Gasteiger partial charge in [0, 0.05) is 19.2 Å². The first-order chi connectivity index (χ1) is 10.8. The van der Waals surface area contributed by atoms with Gasteiger partial charge in [-0.3, -0.25) is 9.52 Å². The number of amides is 1. The number of nitrogens with one attached hydrogen (secondary N) is 2. The molecule has 0 aliphatic carbocycles. The minimum Gasteiger partial charge on any atom is -0.496 e. The van der Waals surface area contributed by atoms with Gasteiger partial charge in [-0.15, -0.1) is 0 Å². The molecule has 1 fully saturated rings. The van der Waals surface area contributed by atoms with Crippen LogP contribution in [-0.4, -0.2) is 46.9 Å². The molecule has 9 heteroatoms. The van der Waals surface area contributed by atoms with E-state index in [9.17, 15) is 13.2 Å². The molecular formula is C14H19ClN2O5S. The number of hydrogen-bond donors (Lipinski definition) is 2. The van der Waals surface area contributed by atoms with Crippen molar-refractivity contribution < 1.29 is 22.7 Å². The highest BCUT2D eigenvalue weighted by Crippen LogP contribution is 2.31. The fourth-order valence-electron chi connectivity index (χ4n) is 2.29. The van der Waals surface area contributed by atoms with Crippen molar-refractivity contribution in [2.75, 3.05) is 31.2 Å².